The van der Waals surface area contributed by atoms with E-state index in [-0.39, 0.29) is 6.04 Å². The van der Waals surface area contributed by atoms with Crippen molar-refractivity contribution >= 4 is 0 Å². The molecule has 0 spiro atoms. The maximum Gasteiger partial charge on any atom is 0.0559 e. The molecule has 1 aromatic carbocycles. The predicted octanol–water partition coefficient (Wildman–Crippen LogP) is 2.97. The summed E-state index contributed by atoms with van der Waals surface area (Å²) >= 11 is 0. The Bertz CT molecular complexity index is 475. The van der Waals surface area contributed by atoms with Crippen LogP contribution >= 0.6 is 0 Å². The van der Waals surface area contributed by atoms with E-state index < -0.39 is 0 Å². The Kier molecular flexibility index (Phi) is 4.15. The molecule has 0 aliphatic heterocycles. The molecule has 0 aliphatic carbocycles. The van der Waals surface area contributed by atoms with Gasteiger partial charge in [0.1, 0.15) is 0 Å². The Morgan fingerprint density at radius 2 is 1.94 bits per heavy atom. The first-order chi connectivity index (χ1) is 8.77. The van der Waals surface area contributed by atoms with Gasteiger partial charge in [-0.1, -0.05) is 37.3 Å². The van der Waals surface area contributed by atoms with Crippen LogP contribution in [0.3, 0.4) is 0 Å². The number of hydrogen-bond acceptors (Lipinski definition) is 2. The fourth-order valence-electron chi connectivity index (χ4n) is 2.47. The second kappa shape index (κ2) is 5.83. The number of nitrogens with zero attached hydrogens (tertiary/aromatic N) is 2. The average molecular weight is 243 g/mol. The summed E-state index contributed by atoms with van der Waals surface area (Å²) in [6, 6.07) is 13.0. The van der Waals surface area contributed by atoms with E-state index in [2.05, 4.69) is 65.3 Å². The monoisotopic (exact) mass is 243 g/mol. The second-order valence-corrected chi connectivity index (χ2v) is 4.54. The quantitative estimate of drug-likeness (QED) is 0.875. The molecule has 1 heterocycles. The SMILES string of the molecule is CCn1nccc1C(NC)C(C)c1ccccc1. The van der Waals surface area contributed by atoms with Gasteiger partial charge in [0, 0.05) is 18.7 Å². The van der Waals surface area contributed by atoms with Gasteiger partial charge >= 0.3 is 0 Å². The van der Waals surface area contributed by atoms with Gasteiger partial charge in [0.2, 0.25) is 0 Å². The van der Waals surface area contributed by atoms with Crippen molar-refractivity contribution in [3.05, 3.63) is 53.9 Å². The van der Waals surface area contributed by atoms with Crippen molar-refractivity contribution in [1.82, 2.24) is 15.1 Å². The fraction of sp³-hybridized carbons (Fsp3) is 0.400. The molecular formula is C15H21N3. The molecule has 1 aromatic heterocycles. The maximum atomic E-state index is 4.36. The van der Waals surface area contributed by atoms with Gasteiger partial charge in [0.15, 0.2) is 0 Å². The minimum Gasteiger partial charge on any atom is -0.311 e. The maximum absolute atomic E-state index is 4.36. The van der Waals surface area contributed by atoms with Gasteiger partial charge in [-0.25, -0.2) is 0 Å². The first kappa shape index (κ1) is 12.8. The summed E-state index contributed by atoms with van der Waals surface area (Å²) in [5, 5.41) is 7.77. The molecule has 0 aliphatic rings. The highest BCUT2D eigenvalue weighted by atomic mass is 15.3. The highest BCUT2D eigenvalue weighted by Gasteiger charge is 2.21. The van der Waals surface area contributed by atoms with Crippen molar-refractivity contribution in [2.75, 3.05) is 7.05 Å². The summed E-state index contributed by atoms with van der Waals surface area (Å²) in [6.45, 7) is 5.28. The summed E-state index contributed by atoms with van der Waals surface area (Å²) in [4.78, 5) is 0. The number of nitrogens with one attached hydrogen (secondary N) is 1. The van der Waals surface area contributed by atoms with Crippen LogP contribution in [0.15, 0.2) is 42.6 Å². The van der Waals surface area contributed by atoms with Crippen molar-refractivity contribution in [2.45, 2.75) is 32.4 Å². The number of hydrogen-bond donors (Lipinski definition) is 1. The average Bonchev–Trinajstić information content (AvgIpc) is 2.89. The molecule has 2 atom stereocenters. The molecule has 0 bridgehead atoms. The molecule has 3 heteroatoms. The molecule has 1 N–H and O–H groups in total. The van der Waals surface area contributed by atoms with Crippen LogP contribution in [0.5, 0.6) is 0 Å². The lowest BCUT2D eigenvalue weighted by molar-refractivity contribution is 0.459. The van der Waals surface area contributed by atoms with Crippen LogP contribution in [-0.2, 0) is 6.54 Å². The lowest BCUT2D eigenvalue weighted by Crippen LogP contribution is -2.25. The smallest absolute Gasteiger partial charge is 0.0559 e. The van der Waals surface area contributed by atoms with E-state index >= 15 is 0 Å². The van der Waals surface area contributed by atoms with Gasteiger partial charge in [-0.05, 0) is 25.6 Å². The topological polar surface area (TPSA) is 29.9 Å². The van der Waals surface area contributed by atoms with Crippen molar-refractivity contribution in [3.63, 3.8) is 0 Å². The highest BCUT2D eigenvalue weighted by Crippen LogP contribution is 2.29. The lowest BCUT2D eigenvalue weighted by atomic mass is 9.91. The Morgan fingerprint density at radius 1 is 1.22 bits per heavy atom. The molecule has 0 saturated carbocycles. The normalized spacial score (nSPS) is 14.4. The third-order valence-electron chi connectivity index (χ3n) is 3.50. The van der Waals surface area contributed by atoms with Gasteiger partial charge in [-0.15, -0.1) is 0 Å². The Hall–Kier alpha value is -1.61. The Morgan fingerprint density at radius 3 is 2.56 bits per heavy atom. The van der Waals surface area contributed by atoms with Crippen LogP contribution in [0.25, 0.3) is 0 Å². The molecule has 96 valence electrons. The fourth-order valence-corrected chi connectivity index (χ4v) is 2.47. The first-order valence-electron chi connectivity index (χ1n) is 6.51. The standard InChI is InChI=1S/C15H21N3/c1-4-18-14(10-11-17-18)15(16-3)12(2)13-8-6-5-7-9-13/h5-12,15-16H,4H2,1-3H3. The van der Waals surface area contributed by atoms with E-state index in [9.17, 15) is 0 Å². The Balaban J connectivity index is 2.29. The van der Waals surface area contributed by atoms with Crippen LogP contribution in [0, 0.1) is 0 Å². The van der Waals surface area contributed by atoms with Gasteiger partial charge in [-0.3, -0.25) is 4.68 Å². The zero-order valence-electron chi connectivity index (χ0n) is 11.3. The van der Waals surface area contributed by atoms with E-state index in [0.717, 1.165) is 6.54 Å². The molecule has 0 amide bonds. The molecular weight excluding hydrogens is 222 g/mol. The molecule has 2 unspecified atom stereocenters. The summed E-state index contributed by atoms with van der Waals surface area (Å²) in [6.07, 6.45) is 1.88. The van der Waals surface area contributed by atoms with Gasteiger partial charge in [0.25, 0.3) is 0 Å². The highest BCUT2D eigenvalue weighted by molar-refractivity contribution is 5.24. The third kappa shape index (κ3) is 2.46. The van der Waals surface area contributed by atoms with Gasteiger partial charge < -0.3 is 5.32 Å². The Labute approximate surface area is 109 Å². The number of likely N-dealkylation sites (N-methyl/N-ethyl adjacent to an activating group) is 1. The number of rotatable bonds is 5. The molecule has 0 fully saturated rings. The molecule has 0 radical (unpaired) electrons. The predicted molar refractivity (Wildman–Crippen MR) is 74.6 cm³/mol. The van der Waals surface area contributed by atoms with E-state index in [1.165, 1.54) is 11.3 Å². The van der Waals surface area contributed by atoms with Gasteiger partial charge in [0.05, 0.1) is 11.7 Å². The molecule has 0 saturated heterocycles. The van der Waals surface area contributed by atoms with E-state index in [4.69, 9.17) is 0 Å². The van der Waals surface area contributed by atoms with Crippen molar-refractivity contribution in [2.24, 2.45) is 0 Å². The summed E-state index contributed by atoms with van der Waals surface area (Å²) in [5.41, 5.74) is 2.59. The first-order valence-corrected chi connectivity index (χ1v) is 6.51. The zero-order chi connectivity index (χ0) is 13.0. The summed E-state index contributed by atoms with van der Waals surface area (Å²) in [7, 11) is 2.01. The van der Waals surface area contributed by atoms with Crippen molar-refractivity contribution in [3.8, 4) is 0 Å². The van der Waals surface area contributed by atoms with Crippen molar-refractivity contribution < 1.29 is 0 Å². The van der Waals surface area contributed by atoms with Crippen LogP contribution in [0.2, 0.25) is 0 Å². The molecule has 2 rings (SSSR count). The number of aromatic nitrogens is 2. The summed E-state index contributed by atoms with van der Waals surface area (Å²) in [5.74, 6) is 0.415. The van der Waals surface area contributed by atoms with Gasteiger partial charge in [-0.2, -0.15) is 5.10 Å². The molecule has 18 heavy (non-hydrogen) atoms. The number of aryl methyl sites for hydroxylation is 1. The van der Waals surface area contributed by atoms with E-state index in [0.29, 0.717) is 5.92 Å². The lowest BCUT2D eigenvalue weighted by Gasteiger charge is -2.24. The molecule has 2 aromatic rings. The third-order valence-corrected chi connectivity index (χ3v) is 3.50. The minimum atomic E-state index is 0.287. The molecule has 3 nitrogen and oxygen atoms in total. The van der Waals surface area contributed by atoms with E-state index in [1.807, 2.05) is 13.2 Å². The van der Waals surface area contributed by atoms with Crippen LogP contribution < -0.4 is 5.32 Å². The van der Waals surface area contributed by atoms with Crippen LogP contribution in [0.1, 0.15) is 37.1 Å². The van der Waals surface area contributed by atoms with E-state index in [1.54, 1.807) is 0 Å². The van der Waals surface area contributed by atoms with Crippen molar-refractivity contribution in [1.29, 1.82) is 0 Å². The zero-order valence-corrected chi connectivity index (χ0v) is 11.3. The van der Waals surface area contributed by atoms with Crippen LogP contribution in [0.4, 0.5) is 0 Å². The largest absolute Gasteiger partial charge is 0.311 e. The summed E-state index contributed by atoms with van der Waals surface area (Å²) < 4.78 is 2.06. The minimum absolute atomic E-state index is 0.287. The van der Waals surface area contributed by atoms with Crippen LogP contribution in [-0.4, -0.2) is 16.8 Å². The second-order valence-electron chi connectivity index (χ2n) is 4.54. The number of benzene rings is 1.